The third kappa shape index (κ3) is 3.70. The van der Waals surface area contributed by atoms with E-state index in [4.69, 9.17) is 0 Å². The molecule has 0 aromatic heterocycles. The molecule has 0 radical (unpaired) electrons. The third-order valence-electron chi connectivity index (χ3n) is 2.81. The molecule has 18 heavy (non-hydrogen) atoms. The lowest BCUT2D eigenvalue weighted by Gasteiger charge is -2.07. The van der Waals surface area contributed by atoms with Crippen molar-refractivity contribution >= 4 is 21.8 Å². The number of amides is 1. The molecule has 1 aliphatic heterocycles. The van der Waals surface area contributed by atoms with E-state index in [9.17, 15) is 13.2 Å². The Morgan fingerprint density at radius 2 is 2.00 bits per heavy atom. The van der Waals surface area contributed by atoms with Crippen LogP contribution in [0.1, 0.15) is 12.0 Å². The molecule has 0 bridgehead atoms. The molecule has 1 N–H and O–H groups in total. The van der Waals surface area contributed by atoms with Gasteiger partial charge in [0.1, 0.15) is 0 Å². The van der Waals surface area contributed by atoms with Gasteiger partial charge in [-0.05, 0) is 18.1 Å². The summed E-state index contributed by atoms with van der Waals surface area (Å²) in [4.78, 5) is 11.6. The Labute approximate surface area is 107 Å². The van der Waals surface area contributed by atoms with Crippen molar-refractivity contribution in [1.29, 1.82) is 0 Å². The van der Waals surface area contributed by atoms with Crippen molar-refractivity contribution in [2.75, 3.05) is 11.5 Å². The number of hydrogen-bond donors (Lipinski definition) is 1. The summed E-state index contributed by atoms with van der Waals surface area (Å²) in [5.41, 5.74) is 0.937. The van der Waals surface area contributed by atoms with E-state index in [0.29, 0.717) is 6.42 Å². The smallest absolute Gasteiger partial charge is 0.244 e. The Hall–Kier alpha value is -1.62. The highest BCUT2D eigenvalue weighted by molar-refractivity contribution is 7.91. The molecule has 1 fully saturated rings. The van der Waals surface area contributed by atoms with Gasteiger partial charge in [0.05, 0.1) is 11.5 Å². The molecule has 96 valence electrons. The average molecular weight is 265 g/mol. The van der Waals surface area contributed by atoms with E-state index in [-0.39, 0.29) is 23.5 Å². The minimum Gasteiger partial charge on any atom is -0.349 e. The van der Waals surface area contributed by atoms with Crippen LogP contribution in [0, 0.1) is 0 Å². The van der Waals surface area contributed by atoms with Gasteiger partial charge in [0.2, 0.25) is 5.91 Å². The van der Waals surface area contributed by atoms with E-state index in [0.717, 1.165) is 5.56 Å². The van der Waals surface area contributed by atoms with Crippen LogP contribution >= 0.6 is 0 Å². The first kappa shape index (κ1) is 12.8. The Morgan fingerprint density at radius 3 is 2.61 bits per heavy atom. The van der Waals surface area contributed by atoms with Crippen molar-refractivity contribution in [3.8, 4) is 0 Å². The number of nitrogens with one attached hydrogen (secondary N) is 1. The van der Waals surface area contributed by atoms with Gasteiger partial charge in [-0.1, -0.05) is 30.3 Å². The zero-order chi connectivity index (χ0) is 13.0. The zero-order valence-electron chi connectivity index (χ0n) is 9.87. The van der Waals surface area contributed by atoms with Gasteiger partial charge in [-0.15, -0.1) is 0 Å². The maximum atomic E-state index is 11.6. The molecule has 4 nitrogen and oxygen atoms in total. The zero-order valence-corrected chi connectivity index (χ0v) is 10.7. The van der Waals surface area contributed by atoms with E-state index >= 15 is 0 Å². The highest BCUT2D eigenvalue weighted by Crippen LogP contribution is 2.11. The van der Waals surface area contributed by atoms with E-state index < -0.39 is 9.84 Å². The fourth-order valence-electron chi connectivity index (χ4n) is 1.89. The maximum absolute atomic E-state index is 11.6. The van der Waals surface area contributed by atoms with Crippen LogP contribution in [0.15, 0.2) is 36.4 Å². The topological polar surface area (TPSA) is 63.2 Å². The van der Waals surface area contributed by atoms with Gasteiger partial charge in [0.15, 0.2) is 9.84 Å². The number of benzene rings is 1. The molecule has 1 heterocycles. The molecule has 1 aliphatic rings. The molecule has 5 heteroatoms. The number of hydrogen-bond acceptors (Lipinski definition) is 3. The predicted molar refractivity (Wildman–Crippen MR) is 70.7 cm³/mol. The van der Waals surface area contributed by atoms with E-state index in [2.05, 4.69) is 5.32 Å². The van der Waals surface area contributed by atoms with Crippen LogP contribution < -0.4 is 5.32 Å². The lowest BCUT2D eigenvalue weighted by atomic mass is 10.2. The van der Waals surface area contributed by atoms with Gasteiger partial charge in [0.25, 0.3) is 0 Å². The van der Waals surface area contributed by atoms with E-state index in [1.54, 1.807) is 6.08 Å². The molecule has 0 aliphatic carbocycles. The number of carbonyl (C=O) groups is 1. The summed E-state index contributed by atoms with van der Waals surface area (Å²) in [5.74, 6) is -0.0286. The normalized spacial score (nSPS) is 22.1. The van der Waals surface area contributed by atoms with Crippen LogP contribution in [-0.4, -0.2) is 31.9 Å². The molecule has 1 aromatic rings. The van der Waals surface area contributed by atoms with Gasteiger partial charge in [-0.3, -0.25) is 4.79 Å². The highest BCUT2D eigenvalue weighted by Gasteiger charge is 2.28. The molecule has 0 spiro atoms. The van der Waals surface area contributed by atoms with Crippen molar-refractivity contribution in [2.24, 2.45) is 0 Å². The largest absolute Gasteiger partial charge is 0.349 e. The molecular formula is C13H15NO3S. The van der Waals surface area contributed by atoms with Crippen LogP contribution in [-0.2, 0) is 14.6 Å². The molecular weight excluding hydrogens is 250 g/mol. The maximum Gasteiger partial charge on any atom is 0.244 e. The first-order valence-electron chi connectivity index (χ1n) is 5.79. The number of rotatable bonds is 3. The predicted octanol–water partition coefficient (Wildman–Crippen LogP) is 1.00. The SMILES string of the molecule is O=C(/C=C/c1ccccc1)NC1CCS(=O)(=O)C1. The molecule has 1 atom stereocenters. The monoisotopic (exact) mass is 265 g/mol. The van der Waals surface area contributed by atoms with Crippen molar-refractivity contribution in [3.05, 3.63) is 42.0 Å². The van der Waals surface area contributed by atoms with Crippen molar-refractivity contribution in [2.45, 2.75) is 12.5 Å². The highest BCUT2D eigenvalue weighted by atomic mass is 32.2. The summed E-state index contributed by atoms with van der Waals surface area (Å²) >= 11 is 0. The van der Waals surface area contributed by atoms with Gasteiger partial charge >= 0.3 is 0 Å². The lowest BCUT2D eigenvalue weighted by molar-refractivity contribution is -0.116. The van der Waals surface area contributed by atoms with Crippen molar-refractivity contribution in [1.82, 2.24) is 5.32 Å². The van der Waals surface area contributed by atoms with Crippen molar-refractivity contribution in [3.63, 3.8) is 0 Å². The Balaban J connectivity index is 1.88. The second-order valence-electron chi connectivity index (χ2n) is 4.35. The number of carbonyl (C=O) groups excluding carboxylic acids is 1. The summed E-state index contributed by atoms with van der Waals surface area (Å²) in [6.45, 7) is 0. The summed E-state index contributed by atoms with van der Waals surface area (Å²) in [6, 6.07) is 9.22. The Morgan fingerprint density at radius 1 is 1.28 bits per heavy atom. The standard InChI is InChI=1S/C13H15NO3S/c15-13(7-6-11-4-2-1-3-5-11)14-12-8-9-18(16,17)10-12/h1-7,12H,8-10H2,(H,14,15)/b7-6+. The average Bonchev–Trinajstić information content (AvgIpc) is 2.67. The Kier molecular flexibility index (Phi) is 3.81. The van der Waals surface area contributed by atoms with Crippen LogP contribution in [0.2, 0.25) is 0 Å². The molecule has 1 unspecified atom stereocenters. The summed E-state index contributed by atoms with van der Waals surface area (Å²) in [6.07, 6.45) is 3.65. The number of sulfone groups is 1. The van der Waals surface area contributed by atoms with Crippen LogP contribution in [0.5, 0.6) is 0 Å². The van der Waals surface area contributed by atoms with Gasteiger partial charge in [0, 0.05) is 12.1 Å². The van der Waals surface area contributed by atoms with Gasteiger partial charge in [-0.25, -0.2) is 8.42 Å². The van der Waals surface area contributed by atoms with Gasteiger partial charge in [-0.2, -0.15) is 0 Å². The summed E-state index contributed by atoms with van der Waals surface area (Å²) < 4.78 is 22.5. The van der Waals surface area contributed by atoms with Crippen molar-refractivity contribution < 1.29 is 13.2 Å². The van der Waals surface area contributed by atoms with E-state index in [1.807, 2.05) is 30.3 Å². The van der Waals surface area contributed by atoms with Crippen LogP contribution in [0.3, 0.4) is 0 Å². The molecule has 0 saturated carbocycles. The third-order valence-corrected chi connectivity index (χ3v) is 4.57. The summed E-state index contributed by atoms with van der Waals surface area (Å²) in [5, 5.41) is 2.70. The molecule has 1 saturated heterocycles. The minimum atomic E-state index is -2.95. The first-order chi connectivity index (χ1) is 8.55. The fourth-order valence-corrected chi connectivity index (χ4v) is 3.57. The molecule has 1 aromatic carbocycles. The van der Waals surface area contributed by atoms with Crippen LogP contribution in [0.4, 0.5) is 0 Å². The molecule has 2 rings (SSSR count). The molecule has 1 amide bonds. The fraction of sp³-hybridized carbons (Fsp3) is 0.308. The minimum absolute atomic E-state index is 0.0535. The van der Waals surface area contributed by atoms with Gasteiger partial charge < -0.3 is 5.32 Å². The second kappa shape index (κ2) is 5.35. The summed E-state index contributed by atoms with van der Waals surface area (Å²) in [7, 11) is -2.95. The lowest BCUT2D eigenvalue weighted by Crippen LogP contribution is -2.34. The van der Waals surface area contributed by atoms with Crippen LogP contribution in [0.25, 0.3) is 6.08 Å². The first-order valence-corrected chi connectivity index (χ1v) is 7.61. The van der Waals surface area contributed by atoms with E-state index in [1.165, 1.54) is 6.08 Å². The quantitative estimate of drug-likeness (QED) is 0.829. The second-order valence-corrected chi connectivity index (χ2v) is 6.58. The Bertz CT molecular complexity index is 549.